The van der Waals surface area contributed by atoms with Crippen molar-refractivity contribution in [2.75, 3.05) is 13.7 Å². The smallest absolute Gasteiger partial charge is 0.397 e. The van der Waals surface area contributed by atoms with Crippen molar-refractivity contribution in [2.24, 2.45) is 0 Å². The van der Waals surface area contributed by atoms with E-state index in [9.17, 15) is 14.1 Å². The van der Waals surface area contributed by atoms with Gasteiger partial charge in [-0.25, -0.2) is 4.79 Å². The van der Waals surface area contributed by atoms with E-state index in [1.54, 1.807) is 0 Å². The van der Waals surface area contributed by atoms with Gasteiger partial charge in [0.15, 0.2) is 0 Å². The number of hydrogen-bond donors (Lipinski definition) is 1. The van der Waals surface area contributed by atoms with Crippen LogP contribution in [-0.2, 0) is 25.3 Å². The molecule has 2 aliphatic heterocycles. The molecule has 1 fully saturated rings. The normalized spacial score (nSPS) is 22.9. The lowest BCUT2D eigenvalue weighted by molar-refractivity contribution is -0.0960. The Morgan fingerprint density at radius 3 is 2.86 bits per heavy atom. The van der Waals surface area contributed by atoms with Crippen molar-refractivity contribution < 1.29 is 27.8 Å². The van der Waals surface area contributed by atoms with Crippen LogP contribution in [0.2, 0.25) is 0 Å². The summed E-state index contributed by atoms with van der Waals surface area (Å²) in [4.78, 5) is 28.0. The van der Waals surface area contributed by atoms with Gasteiger partial charge in [0.25, 0.3) is 5.56 Å². The highest BCUT2D eigenvalue weighted by molar-refractivity contribution is 7.42. The van der Waals surface area contributed by atoms with Gasteiger partial charge in [0, 0.05) is 17.8 Å². The Balaban J connectivity index is 0.000000755. The third-order valence-electron chi connectivity index (χ3n) is 4.33. The highest BCUT2D eigenvalue weighted by atomic mass is 31.2. The molecule has 3 unspecified atom stereocenters. The van der Waals surface area contributed by atoms with Crippen LogP contribution in [-0.4, -0.2) is 29.4 Å². The van der Waals surface area contributed by atoms with E-state index in [-0.39, 0.29) is 6.10 Å². The number of halogens is 1. The van der Waals surface area contributed by atoms with Crippen LogP contribution >= 0.6 is 8.60 Å². The average Bonchev–Trinajstić information content (AvgIpc) is 3.15. The van der Waals surface area contributed by atoms with E-state index in [0.717, 1.165) is 30.4 Å². The van der Waals surface area contributed by atoms with Gasteiger partial charge in [0.2, 0.25) is 0 Å². The van der Waals surface area contributed by atoms with Crippen LogP contribution in [0.15, 0.2) is 40.1 Å². The largest absolute Gasteiger partial charge is 0.426 e. The molecular weight excluding hydrogens is 406 g/mol. The van der Waals surface area contributed by atoms with Crippen LogP contribution < -0.4 is 15.8 Å². The van der Waals surface area contributed by atoms with Gasteiger partial charge < -0.3 is 9.26 Å². The molecule has 0 bridgehead atoms. The van der Waals surface area contributed by atoms with E-state index in [0.29, 0.717) is 19.6 Å². The maximum Gasteiger partial charge on any atom is 0.397 e. The number of aromatic nitrogens is 2. The first-order valence-electron chi connectivity index (χ1n) is 8.95. The van der Waals surface area contributed by atoms with E-state index in [1.807, 2.05) is 25.1 Å². The Morgan fingerprint density at radius 1 is 1.31 bits per heavy atom. The third-order valence-corrected chi connectivity index (χ3v) is 5.37. The number of benzene rings is 1. The summed E-state index contributed by atoms with van der Waals surface area (Å²) in [5, 5.41) is 0. The monoisotopic (exact) mass is 428 g/mol. The zero-order valence-electron chi connectivity index (χ0n) is 16.0. The molecule has 0 radical (unpaired) electrons. The van der Waals surface area contributed by atoms with Gasteiger partial charge in [-0.15, -0.1) is 0 Å². The molecule has 9 nitrogen and oxygen atoms in total. The summed E-state index contributed by atoms with van der Waals surface area (Å²) in [6.45, 7) is 2.81. The fraction of sp³-hybridized carbons (Fsp3) is 0.444. The Morgan fingerprint density at radius 2 is 2.10 bits per heavy atom. The molecule has 3 atom stereocenters. The SMILES string of the molecule is COF.Cc1ccc2c(c1)COP(OCC1CCC(n3ccc(=O)[nH]c3=O)O1)O2. The van der Waals surface area contributed by atoms with Crippen LogP contribution in [0.3, 0.4) is 0 Å². The number of aryl methyl sites for hydroxylation is 1. The molecule has 29 heavy (non-hydrogen) atoms. The molecule has 1 aromatic heterocycles. The number of nitrogens with zero attached hydrogens (tertiary/aromatic N) is 1. The molecule has 2 aliphatic rings. The first kappa shape index (κ1) is 21.6. The number of ether oxygens (including phenoxy) is 1. The standard InChI is InChI=1S/C17H19N2O6P.CH3FO/c1-11-2-4-14-12(8-11)9-22-26(25-14)23-10-13-3-5-16(24-13)19-7-6-15(20)18-17(19)21;1-3-2/h2,4,6-8,13,16H,3,5,9-10H2,1H3,(H,18,20,21);1H3. The molecule has 2 aromatic rings. The first-order valence-corrected chi connectivity index (χ1v) is 10.0. The van der Waals surface area contributed by atoms with Crippen LogP contribution in [0.4, 0.5) is 4.53 Å². The zero-order chi connectivity index (χ0) is 20.8. The van der Waals surface area contributed by atoms with Crippen molar-refractivity contribution in [1.82, 2.24) is 9.55 Å². The minimum absolute atomic E-state index is 0.159. The van der Waals surface area contributed by atoms with Crippen molar-refractivity contribution in [1.29, 1.82) is 0 Å². The number of hydrogen-bond acceptors (Lipinski definition) is 7. The van der Waals surface area contributed by atoms with E-state index in [1.165, 1.54) is 16.8 Å². The number of fused-ring (bicyclic) bond motifs is 1. The van der Waals surface area contributed by atoms with Gasteiger partial charge in [-0.05, 0) is 30.4 Å². The minimum atomic E-state index is -1.46. The maximum absolute atomic E-state index is 11.8. The van der Waals surface area contributed by atoms with Gasteiger partial charge in [0.1, 0.15) is 12.0 Å². The second-order valence-electron chi connectivity index (χ2n) is 6.46. The van der Waals surface area contributed by atoms with Gasteiger partial charge in [-0.3, -0.25) is 23.4 Å². The molecular formula is C18H22FN2O7P. The van der Waals surface area contributed by atoms with Crippen molar-refractivity contribution >= 4 is 8.60 Å². The van der Waals surface area contributed by atoms with E-state index >= 15 is 0 Å². The van der Waals surface area contributed by atoms with Crippen LogP contribution in [0.1, 0.15) is 30.2 Å². The molecule has 0 aliphatic carbocycles. The average molecular weight is 428 g/mol. The van der Waals surface area contributed by atoms with Crippen LogP contribution in [0.5, 0.6) is 5.75 Å². The highest BCUT2D eigenvalue weighted by Crippen LogP contribution is 2.47. The topological polar surface area (TPSA) is 101 Å². The Kier molecular flexibility index (Phi) is 7.51. The van der Waals surface area contributed by atoms with Crippen molar-refractivity contribution in [2.45, 2.75) is 38.7 Å². The zero-order valence-corrected chi connectivity index (χ0v) is 16.9. The number of rotatable bonds is 4. The number of H-pyrrole nitrogens is 1. The molecule has 3 heterocycles. The number of aromatic amines is 1. The lowest BCUT2D eigenvalue weighted by Crippen LogP contribution is -2.31. The lowest BCUT2D eigenvalue weighted by atomic mass is 10.1. The quantitative estimate of drug-likeness (QED) is 0.748. The molecule has 1 N–H and O–H groups in total. The molecule has 0 amide bonds. The molecule has 1 saturated heterocycles. The van der Waals surface area contributed by atoms with Gasteiger partial charge in [0.05, 0.1) is 26.4 Å². The van der Waals surface area contributed by atoms with E-state index < -0.39 is 26.1 Å². The summed E-state index contributed by atoms with van der Waals surface area (Å²) in [5.74, 6) is 0.790. The van der Waals surface area contributed by atoms with E-state index in [4.69, 9.17) is 18.3 Å². The molecule has 4 rings (SSSR count). The van der Waals surface area contributed by atoms with Crippen LogP contribution in [0.25, 0.3) is 0 Å². The molecule has 11 heteroatoms. The third kappa shape index (κ3) is 5.71. The predicted octanol–water partition coefficient (Wildman–Crippen LogP) is 2.89. The van der Waals surface area contributed by atoms with Gasteiger partial charge in [-0.1, -0.05) is 17.7 Å². The Labute approximate surface area is 167 Å². The summed E-state index contributed by atoms with van der Waals surface area (Å²) in [7, 11) is -0.501. The van der Waals surface area contributed by atoms with Crippen molar-refractivity contribution in [3.63, 3.8) is 0 Å². The summed E-state index contributed by atoms with van der Waals surface area (Å²) < 4.78 is 34.2. The Hall–Kier alpha value is -2.10. The summed E-state index contributed by atoms with van der Waals surface area (Å²) in [6, 6.07) is 7.26. The molecule has 0 spiro atoms. The number of nitrogens with one attached hydrogen (secondary N) is 1. The predicted molar refractivity (Wildman–Crippen MR) is 102 cm³/mol. The highest BCUT2D eigenvalue weighted by Gasteiger charge is 2.30. The second-order valence-corrected chi connectivity index (χ2v) is 7.60. The van der Waals surface area contributed by atoms with Gasteiger partial charge >= 0.3 is 14.3 Å². The summed E-state index contributed by atoms with van der Waals surface area (Å²) in [5.41, 5.74) is 1.28. The molecule has 0 saturated carbocycles. The molecule has 1 aromatic carbocycles. The Bertz CT molecular complexity index is 935. The fourth-order valence-electron chi connectivity index (χ4n) is 3.01. The second kappa shape index (κ2) is 10.1. The summed E-state index contributed by atoms with van der Waals surface area (Å²) >= 11 is 0. The van der Waals surface area contributed by atoms with Crippen molar-refractivity contribution in [3.05, 3.63) is 62.4 Å². The maximum atomic E-state index is 11.8. The van der Waals surface area contributed by atoms with Gasteiger partial charge in [-0.2, -0.15) is 4.94 Å². The minimum Gasteiger partial charge on any atom is -0.426 e. The molecule has 158 valence electrons. The first-order chi connectivity index (χ1) is 14.0. The lowest BCUT2D eigenvalue weighted by Gasteiger charge is -2.25. The summed E-state index contributed by atoms with van der Waals surface area (Å²) in [6.07, 6.45) is 2.30. The van der Waals surface area contributed by atoms with Crippen LogP contribution in [0, 0.1) is 6.92 Å². The van der Waals surface area contributed by atoms with E-state index in [2.05, 4.69) is 9.93 Å². The van der Waals surface area contributed by atoms with Crippen molar-refractivity contribution in [3.8, 4) is 5.75 Å². The fourth-order valence-corrected chi connectivity index (χ4v) is 4.07.